The van der Waals surface area contributed by atoms with Crippen molar-refractivity contribution in [2.75, 3.05) is 13.7 Å². The van der Waals surface area contributed by atoms with Crippen LogP contribution in [0.4, 0.5) is 0 Å². The molecule has 0 aliphatic heterocycles. The zero-order valence-electron chi connectivity index (χ0n) is 24.3. The molecular weight excluding hydrogens is 496 g/mol. The zero-order valence-corrected chi connectivity index (χ0v) is 24.3. The van der Waals surface area contributed by atoms with Gasteiger partial charge in [-0.1, -0.05) is 25.0 Å². The third-order valence-corrected chi connectivity index (χ3v) is 8.00. The maximum Gasteiger partial charge on any atom is 0.309 e. The highest BCUT2D eigenvalue weighted by Gasteiger charge is 2.45. The summed E-state index contributed by atoms with van der Waals surface area (Å²) in [6.45, 7) is 7.73. The molecule has 3 rings (SSSR count). The average Bonchev–Trinajstić information content (AvgIpc) is 3.37. The van der Waals surface area contributed by atoms with Crippen LogP contribution in [0, 0.1) is 17.3 Å². The molecule has 8 heteroatoms. The van der Waals surface area contributed by atoms with Crippen molar-refractivity contribution < 1.29 is 28.7 Å². The van der Waals surface area contributed by atoms with E-state index in [1.165, 1.54) is 0 Å². The third kappa shape index (κ3) is 8.54. The van der Waals surface area contributed by atoms with E-state index < -0.39 is 16.9 Å². The molecule has 2 fully saturated rings. The lowest BCUT2D eigenvalue weighted by Crippen LogP contribution is -2.47. The predicted molar refractivity (Wildman–Crippen MR) is 149 cm³/mol. The number of rotatable bonds is 10. The van der Waals surface area contributed by atoms with E-state index in [2.05, 4.69) is 10.6 Å². The molecule has 1 aromatic rings. The Morgan fingerprint density at radius 2 is 1.72 bits per heavy atom. The highest BCUT2D eigenvalue weighted by atomic mass is 16.6. The second-order valence-electron chi connectivity index (χ2n) is 12.2. The normalized spacial score (nSPS) is 21.5. The molecule has 0 spiro atoms. The van der Waals surface area contributed by atoms with E-state index in [0.717, 1.165) is 44.1 Å². The number of carbonyl (C=O) groups excluding carboxylic acids is 4. The molecule has 2 N–H and O–H groups in total. The number of hydrogen-bond donors (Lipinski definition) is 2. The molecule has 0 aromatic heterocycles. The molecule has 2 saturated carbocycles. The van der Waals surface area contributed by atoms with Crippen molar-refractivity contribution in [3.63, 3.8) is 0 Å². The van der Waals surface area contributed by atoms with Gasteiger partial charge < -0.3 is 20.1 Å². The van der Waals surface area contributed by atoms with Crippen molar-refractivity contribution in [1.29, 1.82) is 0 Å². The fourth-order valence-corrected chi connectivity index (χ4v) is 6.01. The van der Waals surface area contributed by atoms with E-state index in [1.807, 2.05) is 39.8 Å². The van der Waals surface area contributed by atoms with Gasteiger partial charge in [0.15, 0.2) is 0 Å². The van der Waals surface area contributed by atoms with Gasteiger partial charge in [0.1, 0.15) is 5.60 Å². The topological polar surface area (TPSA) is 111 Å². The van der Waals surface area contributed by atoms with Gasteiger partial charge in [0.2, 0.25) is 5.91 Å². The first kappa shape index (κ1) is 30.6. The van der Waals surface area contributed by atoms with E-state index in [4.69, 9.17) is 9.47 Å². The zero-order chi connectivity index (χ0) is 28.6. The molecule has 2 amide bonds. The van der Waals surface area contributed by atoms with E-state index in [0.29, 0.717) is 37.9 Å². The molecule has 0 saturated heterocycles. The number of ether oxygens (including phenoxy) is 2. The fraction of sp³-hybridized carbons (Fsp3) is 0.677. The van der Waals surface area contributed by atoms with Gasteiger partial charge in [-0.2, -0.15) is 0 Å². The predicted octanol–water partition coefficient (Wildman–Crippen LogP) is 4.74. The molecule has 8 nitrogen and oxygen atoms in total. The van der Waals surface area contributed by atoms with Crippen molar-refractivity contribution in [3.8, 4) is 0 Å². The van der Waals surface area contributed by atoms with Gasteiger partial charge in [-0.25, -0.2) is 0 Å². The number of amides is 2. The van der Waals surface area contributed by atoms with Crippen LogP contribution in [0.5, 0.6) is 0 Å². The van der Waals surface area contributed by atoms with Gasteiger partial charge in [0.25, 0.3) is 5.91 Å². The second-order valence-corrected chi connectivity index (χ2v) is 12.2. The van der Waals surface area contributed by atoms with Crippen molar-refractivity contribution in [1.82, 2.24) is 10.6 Å². The van der Waals surface area contributed by atoms with Crippen molar-refractivity contribution in [2.45, 2.75) is 104 Å². The van der Waals surface area contributed by atoms with Crippen molar-refractivity contribution >= 4 is 23.8 Å². The van der Waals surface area contributed by atoms with E-state index >= 15 is 0 Å². The first-order valence-electron chi connectivity index (χ1n) is 14.5. The van der Waals surface area contributed by atoms with E-state index in [9.17, 15) is 19.2 Å². The molecule has 0 radical (unpaired) electrons. The summed E-state index contributed by atoms with van der Waals surface area (Å²) in [7, 11) is 1.59. The van der Waals surface area contributed by atoms with Gasteiger partial charge in [-0.3, -0.25) is 19.2 Å². The minimum Gasteiger partial charge on any atom is -0.466 e. The van der Waals surface area contributed by atoms with Crippen LogP contribution < -0.4 is 10.6 Å². The van der Waals surface area contributed by atoms with Gasteiger partial charge in [0, 0.05) is 18.7 Å². The Kier molecular flexibility index (Phi) is 10.6. The summed E-state index contributed by atoms with van der Waals surface area (Å²) in [5.74, 6) is -1.26. The third-order valence-electron chi connectivity index (χ3n) is 8.00. The van der Waals surface area contributed by atoms with Gasteiger partial charge >= 0.3 is 11.9 Å². The van der Waals surface area contributed by atoms with Gasteiger partial charge in [-0.15, -0.1) is 0 Å². The Balaban J connectivity index is 1.76. The van der Waals surface area contributed by atoms with Gasteiger partial charge in [-0.05, 0) is 96.8 Å². The summed E-state index contributed by atoms with van der Waals surface area (Å²) in [6, 6.07) is 7.29. The smallest absolute Gasteiger partial charge is 0.309 e. The number of esters is 2. The van der Waals surface area contributed by atoms with Crippen LogP contribution in [0.15, 0.2) is 24.3 Å². The highest BCUT2D eigenvalue weighted by molar-refractivity contribution is 5.94. The number of benzene rings is 1. The quantitative estimate of drug-likeness (QED) is 0.414. The molecule has 0 bridgehead atoms. The SMILES string of the molecule is CCOC(=O)[C@H]1CC[C@@H](NC(=O)C2(CC(Cc3cccc(C(=O)NC)c3)C(=O)OC(C)(C)C)CCCC2)CC1. The number of nitrogens with one attached hydrogen (secondary N) is 2. The summed E-state index contributed by atoms with van der Waals surface area (Å²) in [5, 5.41) is 5.93. The summed E-state index contributed by atoms with van der Waals surface area (Å²) in [4.78, 5) is 51.6. The van der Waals surface area contributed by atoms with Crippen LogP contribution in [0.1, 0.15) is 101 Å². The number of carbonyl (C=O) groups is 4. The molecule has 216 valence electrons. The minimum absolute atomic E-state index is 0.00672. The van der Waals surface area contributed by atoms with Crippen LogP contribution in [-0.4, -0.2) is 49.1 Å². The van der Waals surface area contributed by atoms with Crippen LogP contribution in [0.2, 0.25) is 0 Å². The van der Waals surface area contributed by atoms with Gasteiger partial charge in [0.05, 0.1) is 23.9 Å². The summed E-state index contributed by atoms with van der Waals surface area (Å²) < 4.78 is 11.0. The summed E-state index contributed by atoms with van der Waals surface area (Å²) >= 11 is 0. The lowest BCUT2D eigenvalue weighted by atomic mass is 9.74. The highest BCUT2D eigenvalue weighted by Crippen LogP contribution is 2.45. The molecule has 2 aliphatic carbocycles. The van der Waals surface area contributed by atoms with Crippen molar-refractivity contribution in [2.24, 2.45) is 17.3 Å². The fourth-order valence-electron chi connectivity index (χ4n) is 6.01. The number of hydrogen-bond acceptors (Lipinski definition) is 6. The Morgan fingerprint density at radius 1 is 1.05 bits per heavy atom. The standard InChI is InChI=1S/C31H46N2O6/c1-6-38-27(35)22-12-14-25(15-13-22)33-29(37)31(16-7-8-17-31)20-24(28(36)39-30(2,3)4)19-21-10-9-11-23(18-21)26(34)32-5/h9-11,18,22,24-25H,6-8,12-17,19-20H2,1-5H3,(H,32,34)(H,33,37)/t22-,24?,25+. The Hall–Kier alpha value is -2.90. The minimum atomic E-state index is -0.651. The first-order valence-corrected chi connectivity index (χ1v) is 14.5. The van der Waals surface area contributed by atoms with Crippen LogP contribution >= 0.6 is 0 Å². The second kappa shape index (κ2) is 13.4. The van der Waals surface area contributed by atoms with E-state index in [-0.39, 0.29) is 35.7 Å². The maximum absolute atomic E-state index is 13.8. The van der Waals surface area contributed by atoms with Crippen LogP contribution in [-0.2, 0) is 30.3 Å². The molecular formula is C31H46N2O6. The Bertz CT molecular complexity index is 1020. The Morgan fingerprint density at radius 3 is 2.31 bits per heavy atom. The Labute approximate surface area is 233 Å². The average molecular weight is 543 g/mol. The van der Waals surface area contributed by atoms with E-state index in [1.54, 1.807) is 19.2 Å². The van der Waals surface area contributed by atoms with Crippen LogP contribution in [0.25, 0.3) is 0 Å². The molecule has 0 heterocycles. The first-order chi connectivity index (χ1) is 18.5. The molecule has 1 aromatic carbocycles. The largest absolute Gasteiger partial charge is 0.466 e. The molecule has 39 heavy (non-hydrogen) atoms. The monoisotopic (exact) mass is 542 g/mol. The summed E-state index contributed by atoms with van der Waals surface area (Å²) in [5.41, 5.74) is 0.0994. The molecule has 1 unspecified atom stereocenters. The van der Waals surface area contributed by atoms with Crippen molar-refractivity contribution in [3.05, 3.63) is 35.4 Å². The maximum atomic E-state index is 13.8. The molecule has 2 aliphatic rings. The van der Waals surface area contributed by atoms with Crippen LogP contribution in [0.3, 0.4) is 0 Å². The lowest BCUT2D eigenvalue weighted by molar-refractivity contribution is -0.161. The molecule has 1 atom stereocenters. The summed E-state index contributed by atoms with van der Waals surface area (Å²) in [6.07, 6.45) is 7.03. The lowest BCUT2D eigenvalue weighted by Gasteiger charge is -2.35.